The minimum absolute atomic E-state index is 0.0525. The van der Waals surface area contributed by atoms with Crippen molar-refractivity contribution in [2.24, 2.45) is 5.41 Å². The molecule has 0 aliphatic rings. The van der Waals surface area contributed by atoms with E-state index in [4.69, 9.17) is 11.6 Å². The van der Waals surface area contributed by atoms with Crippen LogP contribution in [0.3, 0.4) is 0 Å². The van der Waals surface area contributed by atoms with Crippen LogP contribution in [0.1, 0.15) is 32.8 Å². The van der Waals surface area contributed by atoms with Crippen LogP contribution in [0, 0.1) is 5.41 Å². The molecule has 0 radical (unpaired) electrons. The van der Waals surface area contributed by atoms with Gasteiger partial charge in [-0.15, -0.1) is 0 Å². The minimum atomic E-state index is -0.539. The van der Waals surface area contributed by atoms with E-state index in [1.165, 1.54) is 0 Å². The zero-order chi connectivity index (χ0) is 14.5. The molecule has 106 valence electrons. The van der Waals surface area contributed by atoms with Gasteiger partial charge in [-0.05, 0) is 29.5 Å². The summed E-state index contributed by atoms with van der Waals surface area (Å²) < 4.78 is 0. The molecule has 0 bridgehead atoms. The SMILES string of the molecule is CC(C)(C)C(O)CNC(=O)CCc1cccc(Cl)c1. The van der Waals surface area contributed by atoms with E-state index in [1.54, 1.807) is 0 Å². The summed E-state index contributed by atoms with van der Waals surface area (Å²) in [6.45, 7) is 6.11. The number of carbonyl (C=O) groups excluding carboxylic acids is 1. The summed E-state index contributed by atoms with van der Waals surface area (Å²) in [6.07, 6.45) is 0.512. The number of aliphatic hydroxyl groups excluding tert-OH is 1. The number of carbonyl (C=O) groups is 1. The number of hydrogen-bond acceptors (Lipinski definition) is 2. The smallest absolute Gasteiger partial charge is 0.220 e. The van der Waals surface area contributed by atoms with Crippen molar-refractivity contribution in [2.45, 2.75) is 39.7 Å². The van der Waals surface area contributed by atoms with Crippen LogP contribution in [0.4, 0.5) is 0 Å². The van der Waals surface area contributed by atoms with Crippen molar-refractivity contribution in [1.29, 1.82) is 0 Å². The Morgan fingerprint density at radius 2 is 2.11 bits per heavy atom. The maximum atomic E-state index is 11.7. The zero-order valence-electron chi connectivity index (χ0n) is 11.7. The van der Waals surface area contributed by atoms with Crippen LogP contribution in [0.2, 0.25) is 5.02 Å². The predicted octanol–water partition coefficient (Wildman–Crippen LogP) is 2.80. The maximum Gasteiger partial charge on any atom is 0.220 e. The molecule has 4 heteroatoms. The Balaban J connectivity index is 2.33. The Hall–Kier alpha value is -1.06. The molecule has 3 nitrogen and oxygen atoms in total. The number of nitrogens with one attached hydrogen (secondary N) is 1. The molecule has 1 aromatic carbocycles. The topological polar surface area (TPSA) is 49.3 Å². The minimum Gasteiger partial charge on any atom is -0.391 e. The summed E-state index contributed by atoms with van der Waals surface area (Å²) in [6, 6.07) is 7.49. The van der Waals surface area contributed by atoms with Gasteiger partial charge >= 0.3 is 0 Å². The fourth-order valence-corrected chi connectivity index (χ4v) is 1.77. The number of benzene rings is 1. The third-order valence-electron chi connectivity index (χ3n) is 3.02. The highest BCUT2D eigenvalue weighted by Gasteiger charge is 2.22. The Labute approximate surface area is 120 Å². The average molecular weight is 284 g/mol. The van der Waals surface area contributed by atoms with Gasteiger partial charge in [0.2, 0.25) is 5.91 Å². The molecule has 1 unspecified atom stereocenters. The van der Waals surface area contributed by atoms with Gasteiger partial charge in [0.25, 0.3) is 0 Å². The molecule has 1 aromatic rings. The van der Waals surface area contributed by atoms with Gasteiger partial charge in [-0.1, -0.05) is 44.5 Å². The summed E-state index contributed by atoms with van der Waals surface area (Å²) in [5.74, 6) is -0.0525. The first-order valence-corrected chi connectivity index (χ1v) is 6.86. The molecular formula is C15H22ClNO2. The highest BCUT2D eigenvalue weighted by Crippen LogP contribution is 2.18. The van der Waals surface area contributed by atoms with Crippen LogP contribution in [0.15, 0.2) is 24.3 Å². The van der Waals surface area contributed by atoms with E-state index >= 15 is 0 Å². The molecule has 1 rings (SSSR count). The second-order valence-electron chi connectivity index (χ2n) is 5.82. The van der Waals surface area contributed by atoms with Crippen molar-refractivity contribution in [3.63, 3.8) is 0 Å². The zero-order valence-corrected chi connectivity index (χ0v) is 12.5. The highest BCUT2D eigenvalue weighted by atomic mass is 35.5. The van der Waals surface area contributed by atoms with Gasteiger partial charge in [0, 0.05) is 18.0 Å². The van der Waals surface area contributed by atoms with Crippen LogP contribution in [0.25, 0.3) is 0 Å². The number of aliphatic hydroxyl groups is 1. The molecule has 2 N–H and O–H groups in total. The van der Waals surface area contributed by atoms with Crippen LogP contribution >= 0.6 is 11.6 Å². The standard InChI is InChI=1S/C15H22ClNO2/c1-15(2,3)13(18)10-17-14(19)8-7-11-5-4-6-12(16)9-11/h4-6,9,13,18H,7-8,10H2,1-3H3,(H,17,19). The Morgan fingerprint density at radius 3 is 2.68 bits per heavy atom. The second kappa shape index (κ2) is 6.92. The molecule has 1 amide bonds. The second-order valence-corrected chi connectivity index (χ2v) is 6.25. The number of aryl methyl sites for hydroxylation is 1. The normalized spacial score (nSPS) is 13.1. The Kier molecular flexibility index (Phi) is 5.83. The summed E-state index contributed by atoms with van der Waals surface area (Å²) in [7, 11) is 0. The van der Waals surface area contributed by atoms with Gasteiger partial charge in [0.1, 0.15) is 0 Å². The van der Waals surface area contributed by atoms with Gasteiger partial charge in [0.15, 0.2) is 0 Å². The van der Waals surface area contributed by atoms with Gasteiger partial charge in [-0.25, -0.2) is 0 Å². The third-order valence-corrected chi connectivity index (χ3v) is 3.26. The fraction of sp³-hybridized carbons (Fsp3) is 0.533. The largest absolute Gasteiger partial charge is 0.391 e. The molecule has 0 fully saturated rings. The van der Waals surface area contributed by atoms with Crippen molar-refractivity contribution < 1.29 is 9.90 Å². The van der Waals surface area contributed by atoms with E-state index < -0.39 is 6.10 Å². The van der Waals surface area contributed by atoms with Gasteiger partial charge in [-0.2, -0.15) is 0 Å². The quantitative estimate of drug-likeness (QED) is 0.873. The molecular weight excluding hydrogens is 262 g/mol. The lowest BCUT2D eigenvalue weighted by Gasteiger charge is -2.25. The van der Waals surface area contributed by atoms with Gasteiger partial charge in [-0.3, -0.25) is 4.79 Å². The first kappa shape index (κ1) is 16.0. The third kappa shape index (κ3) is 6.08. The summed E-state index contributed by atoms with van der Waals surface area (Å²) in [5, 5.41) is 13.3. The average Bonchev–Trinajstić information content (AvgIpc) is 2.32. The Morgan fingerprint density at radius 1 is 1.42 bits per heavy atom. The summed E-state index contributed by atoms with van der Waals surface area (Å²) in [4.78, 5) is 11.7. The van der Waals surface area contributed by atoms with Crippen molar-refractivity contribution in [3.05, 3.63) is 34.9 Å². The first-order valence-electron chi connectivity index (χ1n) is 6.48. The molecule has 0 aliphatic heterocycles. The number of hydrogen-bond donors (Lipinski definition) is 2. The van der Waals surface area contributed by atoms with Crippen molar-refractivity contribution in [3.8, 4) is 0 Å². The van der Waals surface area contributed by atoms with Gasteiger partial charge in [0.05, 0.1) is 6.10 Å². The Bertz CT molecular complexity index is 426. The molecule has 1 atom stereocenters. The summed E-state index contributed by atoms with van der Waals surface area (Å²) >= 11 is 5.88. The number of halogens is 1. The molecule has 0 heterocycles. The predicted molar refractivity (Wildman–Crippen MR) is 78.2 cm³/mol. The molecule has 0 aliphatic carbocycles. The van der Waals surface area contributed by atoms with E-state index in [0.717, 1.165) is 5.56 Å². The van der Waals surface area contributed by atoms with E-state index in [-0.39, 0.29) is 17.9 Å². The van der Waals surface area contributed by atoms with Crippen molar-refractivity contribution in [1.82, 2.24) is 5.32 Å². The molecule has 0 saturated heterocycles. The monoisotopic (exact) mass is 283 g/mol. The maximum absolute atomic E-state index is 11.7. The lowest BCUT2D eigenvalue weighted by molar-refractivity contribution is -0.121. The van der Waals surface area contributed by atoms with E-state index in [2.05, 4.69) is 5.32 Å². The number of rotatable bonds is 5. The number of amides is 1. The fourth-order valence-electron chi connectivity index (χ4n) is 1.56. The molecule has 0 aromatic heterocycles. The molecule has 0 spiro atoms. The summed E-state index contributed by atoms with van der Waals surface area (Å²) in [5.41, 5.74) is 0.819. The lowest BCUT2D eigenvalue weighted by Crippen LogP contribution is -2.39. The van der Waals surface area contributed by atoms with Crippen molar-refractivity contribution >= 4 is 17.5 Å². The van der Waals surface area contributed by atoms with Gasteiger partial charge < -0.3 is 10.4 Å². The van der Waals surface area contributed by atoms with E-state index in [9.17, 15) is 9.90 Å². The first-order chi connectivity index (χ1) is 8.79. The van der Waals surface area contributed by atoms with Crippen LogP contribution < -0.4 is 5.32 Å². The van der Waals surface area contributed by atoms with Crippen LogP contribution in [-0.2, 0) is 11.2 Å². The van der Waals surface area contributed by atoms with Crippen LogP contribution in [-0.4, -0.2) is 23.7 Å². The van der Waals surface area contributed by atoms with E-state index in [0.29, 0.717) is 17.9 Å². The van der Waals surface area contributed by atoms with Crippen LogP contribution in [0.5, 0.6) is 0 Å². The van der Waals surface area contributed by atoms with E-state index in [1.807, 2.05) is 45.0 Å². The molecule has 19 heavy (non-hydrogen) atoms. The molecule has 0 saturated carbocycles. The highest BCUT2D eigenvalue weighted by molar-refractivity contribution is 6.30. The lowest BCUT2D eigenvalue weighted by atomic mass is 9.89. The van der Waals surface area contributed by atoms with Crippen molar-refractivity contribution in [2.75, 3.05) is 6.54 Å².